The third-order valence-electron chi connectivity index (χ3n) is 3.08. The molecule has 2 saturated heterocycles. The van der Waals surface area contributed by atoms with Crippen LogP contribution in [-0.4, -0.2) is 48.1 Å². The minimum absolute atomic E-state index is 0.0464. The molecule has 2 fully saturated rings. The predicted octanol–water partition coefficient (Wildman–Crippen LogP) is 1.44. The Morgan fingerprint density at radius 1 is 1.33 bits per heavy atom. The van der Waals surface area contributed by atoms with E-state index in [0.717, 1.165) is 44.0 Å². The van der Waals surface area contributed by atoms with Gasteiger partial charge in [0.2, 0.25) is 0 Å². The number of thioether (sulfide) groups is 1. The lowest BCUT2D eigenvalue weighted by molar-refractivity contribution is -0.0309. The summed E-state index contributed by atoms with van der Waals surface area (Å²) in [6.07, 6.45) is 4.26. The first-order chi connectivity index (χ1) is 7.36. The summed E-state index contributed by atoms with van der Waals surface area (Å²) in [5.41, 5.74) is 0. The summed E-state index contributed by atoms with van der Waals surface area (Å²) in [5, 5.41) is 9.94. The van der Waals surface area contributed by atoms with E-state index in [-0.39, 0.29) is 12.2 Å². The van der Waals surface area contributed by atoms with Crippen LogP contribution in [0.15, 0.2) is 0 Å². The van der Waals surface area contributed by atoms with Crippen LogP contribution in [0.4, 0.5) is 0 Å². The van der Waals surface area contributed by atoms with Gasteiger partial charge in [0.1, 0.15) is 0 Å². The van der Waals surface area contributed by atoms with Crippen molar-refractivity contribution in [3.8, 4) is 0 Å². The van der Waals surface area contributed by atoms with Crippen molar-refractivity contribution in [1.82, 2.24) is 0 Å². The van der Waals surface area contributed by atoms with E-state index in [1.807, 2.05) is 11.8 Å². The van der Waals surface area contributed by atoms with Crippen molar-refractivity contribution in [2.75, 3.05) is 24.7 Å². The molecule has 3 unspecified atom stereocenters. The van der Waals surface area contributed by atoms with Gasteiger partial charge in [-0.15, -0.1) is 0 Å². The number of hydrogen-bond acceptors (Lipinski definition) is 4. The maximum absolute atomic E-state index is 9.94. The summed E-state index contributed by atoms with van der Waals surface area (Å²) in [5.74, 6) is 2.00. The standard InChI is InChI=1S/C11H20O3S/c12-10(11-8-15-7-6-14-11)4-3-9-2-1-5-13-9/h9-12H,1-8H2. The Balaban J connectivity index is 1.64. The van der Waals surface area contributed by atoms with Crippen LogP contribution in [0.1, 0.15) is 25.7 Å². The Morgan fingerprint density at radius 2 is 2.27 bits per heavy atom. The molecule has 1 N–H and O–H groups in total. The molecule has 0 spiro atoms. The van der Waals surface area contributed by atoms with Crippen LogP contribution in [-0.2, 0) is 9.47 Å². The van der Waals surface area contributed by atoms with Gasteiger partial charge in [0.05, 0.1) is 24.9 Å². The third kappa shape index (κ3) is 3.63. The minimum atomic E-state index is -0.304. The zero-order valence-corrected chi connectivity index (χ0v) is 9.88. The van der Waals surface area contributed by atoms with Crippen molar-refractivity contribution in [3.63, 3.8) is 0 Å². The number of rotatable bonds is 4. The second-order valence-electron chi connectivity index (χ2n) is 4.26. The number of aliphatic hydroxyl groups excluding tert-OH is 1. The van der Waals surface area contributed by atoms with Gasteiger partial charge in [-0.1, -0.05) is 0 Å². The Hall–Kier alpha value is 0.230. The van der Waals surface area contributed by atoms with Crippen molar-refractivity contribution < 1.29 is 14.6 Å². The molecule has 0 aromatic carbocycles. The number of aliphatic hydroxyl groups is 1. The van der Waals surface area contributed by atoms with Crippen LogP contribution in [0.2, 0.25) is 0 Å². The average Bonchev–Trinajstić information content (AvgIpc) is 2.80. The van der Waals surface area contributed by atoms with E-state index in [9.17, 15) is 5.11 Å². The molecule has 0 saturated carbocycles. The molecule has 0 aliphatic carbocycles. The highest BCUT2D eigenvalue weighted by Gasteiger charge is 2.24. The Morgan fingerprint density at radius 3 is 2.93 bits per heavy atom. The predicted molar refractivity (Wildman–Crippen MR) is 61.3 cm³/mol. The van der Waals surface area contributed by atoms with Gasteiger partial charge in [0, 0.05) is 18.1 Å². The van der Waals surface area contributed by atoms with Gasteiger partial charge in [-0.2, -0.15) is 11.8 Å². The molecule has 0 amide bonds. The van der Waals surface area contributed by atoms with E-state index in [2.05, 4.69) is 0 Å². The molecule has 4 heteroatoms. The molecule has 2 aliphatic rings. The Bertz CT molecular complexity index is 177. The first kappa shape index (κ1) is 11.7. The van der Waals surface area contributed by atoms with E-state index >= 15 is 0 Å². The molecule has 0 radical (unpaired) electrons. The van der Waals surface area contributed by atoms with E-state index in [4.69, 9.17) is 9.47 Å². The van der Waals surface area contributed by atoms with Gasteiger partial charge in [0.25, 0.3) is 0 Å². The normalized spacial score (nSPS) is 34.2. The van der Waals surface area contributed by atoms with E-state index < -0.39 is 0 Å². The van der Waals surface area contributed by atoms with E-state index in [1.165, 1.54) is 6.42 Å². The fraction of sp³-hybridized carbons (Fsp3) is 1.00. The molecule has 0 aromatic rings. The lowest BCUT2D eigenvalue weighted by Gasteiger charge is -2.27. The highest BCUT2D eigenvalue weighted by Crippen LogP contribution is 2.22. The Kier molecular flexibility index (Phi) is 4.75. The maximum atomic E-state index is 9.94. The topological polar surface area (TPSA) is 38.7 Å². The van der Waals surface area contributed by atoms with Crippen LogP contribution >= 0.6 is 11.8 Å². The van der Waals surface area contributed by atoms with Crippen molar-refractivity contribution in [1.29, 1.82) is 0 Å². The summed E-state index contributed by atoms with van der Waals surface area (Å²) in [7, 11) is 0. The molecular formula is C11H20O3S. The summed E-state index contributed by atoms with van der Waals surface area (Å²) in [6.45, 7) is 1.68. The lowest BCUT2D eigenvalue weighted by atomic mass is 10.0. The Labute approximate surface area is 95.5 Å². The van der Waals surface area contributed by atoms with Gasteiger partial charge in [-0.25, -0.2) is 0 Å². The number of ether oxygens (including phenoxy) is 2. The summed E-state index contributed by atoms with van der Waals surface area (Å²) < 4.78 is 11.1. The number of hydrogen-bond donors (Lipinski definition) is 1. The second kappa shape index (κ2) is 6.09. The van der Waals surface area contributed by atoms with Crippen LogP contribution in [0.5, 0.6) is 0 Å². The largest absolute Gasteiger partial charge is 0.390 e. The van der Waals surface area contributed by atoms with E-state index in [1.54, 1.807) is 0 Å². The van der Waals surface area contributed by atoms with Gasteiger partial charge in [-0.05, 0) is 25.7 Å². The van der Waals surface area contributed by atoms with Crippen LogP contribution < -0.4 is 0 Å². The summed E-state index contributed by atoms with van der Waals surface area (Å²) >= 11 is 1.87. The molecule has 3 nitrogen and oxygen atoms in total. The molecule has 0 aromatic heterocycles. The summed E-state index contributed by atoms with van der Waals surface area (Å²) in [6, 6.07) is 0. The molecule has 2 rings (SSSR count). The first-order valence-electron chi connectivity index (χ1n) is 5.85. The third-order valence-corrected chi connectivity index (χ3v) is 4.10. The second-order valence-corrected chi connectivity index (χ2v) is 5.41. The highest BCUT2D eigenvalue weighted by atomic mass is 32.2. The fourth-order valence-corrected chi connectivity index (χ4v) is 3.07. The molecule has 3 atom stereocenters. The zero-order chi connectivity index (χ0) is 10.5. The molecule has 15 heavy (non-hydrogen) atoms. The molecule has 2 aliphatic heterocycles. The fourth-order valence-electron chi connectivity index (χ4n) is 2.14. The van der Waals surface area contributed by atoms with Crippen molar-refractivity contribution in [2.24, 2.45) is 0 Å². The van der Waals surface area contributed by atoms with Gasteiger partial charge in [0.15, 0.2) is 0 Å². The summed E-state index contributed by atoms with van der Waals surface area (Å²) in [4.78, 5) is 0. The minimum Gasteiger partial charge on any atom is -0.390 e. The van der Waals surface area contributed by atoms with Gasteiger partial charge >= 0.3 is 0 Å². The van der Waals surface area contributed by atoms with Crippen LogP contribution in [0.3, 0.4) is 0 Å². The zero-order valence-electron chi connectivity index (χ0n) is 9.06. The van der Waals surface area contributed by atoms with Gasteiger partial charge < -0.3 is 14.6 Å². The molecule has 0 bridgehead atoms. The molecular weight excluding hydrogens is 212 g/mol. The van der Waals surface area contributed by atoms with Crippen molar-refractivity contribution in [2.45, 2.75) is 44.0 Å². The van der Waals surface area contributed by atoms with Crippen molar-refractivity contribution >= 4 is 11.8 Å². The molecule has 2 heterocycles. The maximum Gasteiger partial charge on any atom is 0.0924 e. The van der Waals surface area contributed by atoms with Crippen LogP contribution in [0.25, 0.3) is 0 Å². The SMILES string of the molecule is OC(CCC1CCCO1)C1CSCCO1. The average molecular weight is 232 g/mol. The monoisotopic (exact) mass is 232 g/mol. The van der Waals surface area contributed by atoms with E-state index in [0.29, 0.717) is 6.10 Å². The van der Waals surface area contributed by atoms with Gasteiger partial charge in [-0.3, -0.25) is 0 Å². The van der Waals surface area contributed by atoms with Crippen molar-refractivity contribution in [3.05, 3.63) is 0 Å². The van der Waals surface area contributed by atoms with Crippen LogP contribution in [0, 0.1) is 0 Å². The quantitative estimate of drug-likeness (QED) is 0.796. The highest BCUT2D eigenvalue weighted by molar-refractivity contribution is 7.99. The molecule has 88 valence electrons. The smallest absolute Gasteiger partial charge is 0.0924 e. The first-order valence-corrected chi connectivity index (χ1v) is 7.01. The lowest BCUT2D eigenvalue weighted by Crippen LogP contribution is -2.35.